The molecule has 0 bridgehead atoms. The Morgan fingerprint density at radius 3 is 2.89 bits per heavy atom. The van der Waals surface area contributed by atoms with Crippen molar-refractivity contribution in [2.24, 2.45) is 0 Å². The van der Waals surface area contributed by atoms with Gasteiger partial charge in [-0.15, -0.1) is 10.2 Å². The van der Waals surface area contributed by atoms with Gasteiger partial charge in [-0.2, -0.15) is 5.26 Å². The molecule has 2 rings (SSSR count). The Balaban J connectivity index is 1.94. The third-order valence-electron chi connectivity index (χ3n) is 3.27. The lowest BCUT2D eigenvalue weighted by Gasteiger charge is -2.32. The van der Waals surface area contributed by atoms with Crippen LogP contribution < -0.4 is 5.32 Å². The third kappa shape index (κ3) is 3.67. The van der Waals surface area contributed by atoms with E-state index in [9.17, 15) is 10.1 Å². The van der Waals surface area contributed by atoms with Gasteiger partial charge >= 0.3 is 0 Å². The van der Waals surface area contributed by atoms with Gasteiger partial charge in [0.05, 0.1) is 11.3 Å². The van der Waals surface area contributed by atoms with E-state index in [0.29, 0.717) is 0 Å². The minimum atomic E-state index is -0.661. The molecule has 7 heteroatoms. The molecule has 0 aromatic carbocycles. The van der Waals surface area contributed by atoms with Crippen LogP contribution in [-0.2, 0) is 4.79 Å². The van der Waals surface area contributed by atoms with Crippen LogP contribution in [-0.4, -0.2) is 26.9 Å². The van der Waals surface area contributed by atoms with Crippen LogP contribution in [0.1, 0.15) is 39.0 Å². The van der Waals surface area contributed by atoms with E-state index in [1.807, 2.05) is 6.92 Å². The molecule has 0 unspecified atom stereocenters. The number of aromatic nitrogens is 2. The Morgan fingerprint density at radius 2 is 2.32 bits per heavy atom. The van der Waals surface area contributed by atoms with Gasteiger partial charge in [0.1, 0.15) is 11.0 Å². The van der Waals surface area contributed by atoms with E-state index in [-0.39, 0.29) is 11.2 Å². The van der Waals surface area contributed by atoms with Gasteiger partial charge in [0.15, 0.2) is 4.34 Å². The Morgan fingerprint density at radius 1 is 1.58 bits per heavy atom. The maximum absolute atomic E-state index is 12.2. The summed E-state index contributed by atoms with van der Waals surface area (Å²) in [4.78, 5) is 12.2. The summed E-state index contributed by atoms with van der Waals surface area (Å²) in [7, 11) is 0. The van der Waals surface area contributed by atoms with Gasteiger partial charge in [0.25, 0.3) is 0 Å². The Labute approximate surface area is 120 Å². The highest BCUT2D eigenvalue weighted by atomic mass is 32.2. The first-order chi connectivity index (χ1) is 9.15. The van der Waals surface area contributed by atoms with Crippen LogP contribution in [0.3, 0.4) is 0 Å². The molecule has 0 saturated heterocycles. The molecule has 19 heavy (non-hydrogen) atoms. The Hall–Kier alpha value is -1.13. The fraction of sp³-hybridized carbons (Fsp3) is 0.667. The van der Waals surface area contributed by atoms with Crippen molar-refractivity contribution in [3.8, 4) is 6.07 Å². The summed E-state index contributed by atoms with van der Waals surface area (Å²) < 4.78 is 0.775. The van der Waals surface area contributed by atoms with Crippen LogP contribution >= 0.6 is 23.1 Å². The highest BCUT2D eigenvalue weighted by Crippen LogP contribution is 2.29. The molecule has 1 aromatic heterocycles. The number of hydrogen-bond donors (Lipinski definition) is 1. The van der Waals surface area contributed by atoms with Crippen molar-refractivity contribution >= 4 is 29.0 Å². The molecule has 1 saturated carbocycles. The van der Waals surface area contributed by atoms with Crippen molar-refractivity contribution < 1.29 is 4.79 Å². The summed E-state index contributed by atoms with van der Waals surface area (Å²) in [6.07, 6.45) is 4.67. The second-order valence-electron chi connectivity index (χ2n) is 4.71. The van der Waals surface area contributed by atoms with Gasteiger partial charge in [-0.3, -0.25) is 4.79 Å². The first-order valence-corrected chi connectivity index (χ1v) is 8.07. The van der Waals surface area contributed by atoms with Crippen molar-refractivity contribution in [3.05, 3.63) is 5.51 Å². The van der Waals surface area contributed by atoms with E-state index >= 15 is 0 Å². The summed E-state index contributed by atoms with van der Waals surface area (Å²) in [5, 5.41) is 19.7. The predicted octanol–water partition coefficient (Wildman–Crippen LogP) is 2.36. The lowest BCUT2D eigenvalue weighted by molar-refractivity contribution is -0.121. The van der Waals surface area contributed by atoms with Crippen molar-refractivity contribution in [2.45, 2.75) is 54.2 Å². The second-order valence-corrected chi connectivity index (χ2v) is 7.13. The number of carbonyl (C=O) groups excluding carboxylic acids is 1. The number of amides is 1. The van der Waals surface area contributed by atoms with E-state index in [0.717, 1.165) is 36.4 Å². The van der Waals surface area contributed by atoms with Crippen molar-refractivity contribution in [1.29, 1.82) is 5.26 Å². The zero-order chi connectivity index (χ0) is 13.7. The van der Waals surface area contributed by atoms with E-state index < -0.39 is 5.54 Å². The van der Waals surface area contributed by atoms with E-state index in [2.05, 4.69) is 21.6 Å². The minimum absolute atomic E-state index is 0.0938. The molecule has 5 nitrogen and oxygen atoms in total. The fourth-order valence-electron chi connectivity index (χ4n) is 2.18. The van der Waals surface area contributed by atoms with Crippen molar-refractivity contribution in [3.63, 3.8) is 0 Å². The molecule has 1 heterocycles. The second kappa shape index (κ2) is 6.35. The average Bonchev–Trinajstić information content (AvgIpc) is 2.92. The van der Waals surface area contributed by atoms with Crippen LogP contribution in [0.2, 0.25) is 0 Å². The molecule has 1 amide bonds. The smallest absolute Gasteiger partial charge is 0.234 e. The largest absolute Gasteiger partial charge is 0.337 e. The number of carbonyl (C=O) groups is 1. The van der Waals surface area contributed by atoms with E-state index in [4.69, 9.17) is 0 Å². The van der Waals surface area contributed by atoms with Gasteiger partial charge in [-0.25, -0.2) is 0 Å². The monoisotopic (exact) mass is 296 g/mol. The number of nitrogens with zero attached hydrogens (tertiary/aromatic N) is 3. The van der Waals surface area contributed by atoms with Crippen molar-refractivity contribution in [2.75, 3.05) is 0 Å². The van der Waals surface area contributed by atoms with Crippen LogP contribution in [0.5, 0.6) is 0 Å². The van der Waals surface area contributed by atoms with E-state index in [1.165, 1.54) is 23.1 Å². The maximum atomic E-state index is 12.2. The van der Waals surface area contributed by atoms with Gasteiger partial charge in [-0.1, -0.05) is 42.4 Å². The van der Waals surface area contributed by atoms with Gasteiger partial charge in [0.2, 0.25) is 5.91 Å². The zero-order valence-corrected chi connectivity index (χ0v) is 12.4. The molecule has 0 spiro atoms. The molecule has 0 aliphatic heterocycles. The van der Waals surface area contributed by atoms with Crippen LogP contribution in [0.15, 0.2) is 9.85 Å². The van der Waals surface area contributed by atoms with Crippen molar-refractivity contribution in [1.82, 2.24) is 15.5 Å². The zero-order valence-electron chi connectivity index (χ0n) is 10.8. The standard InChI is InChI=1S/C12H16N4OS2/c1-9(19-11-16-14-8-18-11)10(17)15-12(7-13)5-3-2-4-6-12/h8-9H,2-6H2,1H3,(H,15,17)/t9-/m0/s1. The number of nitrogens with one attached hydrogen (secondary N) is 1. The molecular weight excluding hydrogens is 280 g/mol. The maximum Gasteiger partial charge on any atom is 0.234 e. The fourth-order valence-corrected chi connectivity index (χ4v) is 3.80. The molecule has 1 aliphatic rings. The topological polar surface area (TPSA) is 78.7 Å². The molecule has 1 N–H and O–H groups in total. The first kappa shape index (κ1) is 14.3. The lowest BCUT2D eigenvalue weighted by Crippen LogP contribution is -2.50. The van der Waals surface area contributed by atoms with Crippen LogP contribution in [0.25, 0.3) is 0 Å². The number of rotatable bonds is 4. The summed E-state index contributed by atoms with van der Waals surface area (Å²) in [6.45, 7) is 1.83. The minimum Gasteiger partial charge on any atom is -0.337 e. The molecule has 1 fully saturated rings. The SMILES string of the molecule is C[C@H](Sc1nncs1)C(=O)NC1(C#N)CCCCC1. The summed E-state index contributed by atoms with van der Waals surface area (Å²) >= 11 is 2.79. The summed E-state index contributed by atoms with van der Waals surface area (Å²) in [5.41, 5.74) is 0.982. The third-order valence-corrected chi connectivity index (χ3v) is 5.18. The predicted molar refractivity (Wildman–Crippen MR) is 74.8 cm³/mol. The molecule has 1 aliphatic carbocycles. The quantitative estimate of drug-likeness (QED) is 0.863. The first-order valence-electron chi connectivity index (χ1n) is 6.31. The lowest BCUT2D eigenvalue weighted by atomic mass is 9.83. The molecule has 0 radical (unpaired) electrons. The molecule has 102 valence electrons. The van der Waals surface area contributed by atoms with Crippen LogP contribution in [0, 0.1) is 11.3 Å². The van der Waals surface area contributed by atoms with Gasteiger partial charge in [0, 0.05) is 0 Å². The highest BCUT2D eigenvalue weighted by Gasteiger charge is 2.34. The number of nitriles is 1. The molecular formula is C12H16N4OS2. The normalized spacial score (nSPS) is 19.4. The Bertz CT molecular complexity index is 463. The van der Waals surface area contributed by atoms with Crippen LogP contribution in [0.4, 0.5) is 0 Å². The molecule has 1 atom stereocenters. The number of thioether (sulfide) groups is 1. The Kier molecular flexibility index (Phi) is 4.77. The number of hydrogen-bond acceptors (Lipinski definition) is 6. The summed E-state index contributed by atoms with van der Waals surface area (Å²) in [6, 6.07) is 2.30. The average molecular weight is 296 g/mol. The van der Waals surface area contributed by atoms with Gasteiger partial charge in [-0.05, 0) is 19.8 Å². The highest BCUT2D eigenvalue weighted by molar-refractivity contribution is 8.02. The van der Waals surface area contributed by atoms with E-state index in [1.54, 1.807) is 5.51 Å². The van der Waals surface area contributed by atoms with Gasteiger partial charge < -0.3 is 5.32 Å². The summed E-state index contributed by atoms with van der Waals surface area (Å²) in [5.74, 6) is -0.0938. The molecule has 1 aromatic rings.